The number of allylic oxidation sites excluding steroid dienone is 1. The molecule has 10 heteroatoms. The minimum Gasteiger partial charge on any atom is -0.493 e. The van der Waals surface area contributed by atoms with Gasteiger partial charge in [0, 0.05) is 0 Å². The summed E-state index contributed by atoms with van der Waals surface area (Å²) in [5, 5.41) is 0. The summed E-state index contributed by atoms with van der Waals surface area (Å²) in [6, 6.07) is 10.0. The lowest BCUT2D eigenvalue weighted by Gasteiger charge is -2.25. The fourth-order valence-electron chi connectivity index (χ4n) is 4.33. The Morgan fingerprint density at radius 2 is 1.66 bits per heavy atom. The Hall–Kier alpha value is -4.05. The molecule has 0 radical (unpaired) electrons. The fourth-order valence-corrected chi connectivity index (χ4v) is 5.38. The summed E-state index contributed by atoms with van der Waals surface area (Å²) in [6.45, 7) is 5.98. The molecule has 1 aromatic heterocycles. The van der Waals surface area contributed by atoms with Crippen LogP contribution in [-0.4, -0.2) is 45.1 Å². The number of ether oxygens (including phenoxy) is 5. The van der Waals surface area contributed by atoms with Gasteiger partial charge >= 0.3 is 5.97 Å². The van der Waals surface area contributed by atoms with Crippen LogP contribution in [-0.2, 0) is 9.53 Å². The van der Waals surface area contributed by atoms with Gasteiger partial charge in [-0.15, -0.1) is 0 Å². The number of rotatable bonds is 9. The van der Waals surface area contributed by atoms with E-state index in [9.17, 15) is 9.59 Å². The molecule has 2 heterocycles. The molecule has 2 aromatic carbocycles. The van der Waals surface area contributed by atoms with Crippen molar-refractivity contribution in [1.82, 2.24) is 4.57 Å². The highest BCUT2D eigenvalue weighted by Gasteiger charge is 2.34. The number of aromatic nitrogens is 1. The number of carbonyl (C=O) groups excluding carboxylic acids is 1. The third-order valence-electron chi connectivity index (χ3n) is 6.03. The quantitative estimate of drug-likeness (QED) is 0.386. The zero-order valence-corrected chi connectivity index (χ0v) is 23.0. The second kappa shape index (κ2) is 11.6. The van der Waals surface area contributed by atoms with Crippen LogP contribution in [0.3, 0.4) is 0 Å². The van der Waals surface area contributed by atoms with E-state index < -0.39 is 12.0 Å². The molecule has 0 saturated heterocycles. The maximum Gasteiger partial charge on any atom is 0.338 e. The first kappa shape index (κ1) is 27.0. The monoisotopic (exact) mass is 538 g/mol. The van der Waals surface area contributed by atoms with Crippen molar-refractivity contribution in [3.05, 3.63) is 78.5 Å². The largest absolute Gasteiger partial charge is 0.493 e. The van der Waals surface area contributed by atoms with E-state index in [-0.39, 0.29) is 12.2 Å². The summed E-state index contributed by atoms with van der Waals surface area (Å²) >= 11 is 1.25. The highest BCUT2D eigenvalue weighted by atomic mass is 32.1. The first-order chi connectivity index (χ1) is 18.4. The molecule has 1 aliphatic heterocycles. The number of hydrogen-bond donors (Lipinski definition) is 0. The summed E-state index contributed by atoms with van der Waals surface area (Å²) in [5.74, 6) is 1.67. The van der Waals surface area contributed by atoms with Crippen LogP contribution in [0, 0.1) is 0 Å². The molecule has 0 bridgehead atoms. The number of hydrogen-bond acceptors (Lipinski definition) is 9. The number of nitrogens with zero attached hydrogens (tertiary/aromatic N) is 2. The Morgan fingerprint density at radius 1 is 0.974 bits per heavy atom. The molecule has 38 heavy (non-hydrogen) atoms. The zero-order chi connectivity index (χ0) is 27.4. The van der Waals surface area contributed by atoms with E-state index in [1.54, 1.807) is 65.5 Å². The number of benzene rings is 2. The van der Waals surface area contributed by atoms with E-state index in [0.717, 1.165) is 5.56 Å². The van der Waals surface area contributed by atoms with E-state index in [4.69, 9.17) is 23.7 Å². The van der Waals surface area contributed by atoms with Crippen LogP contribution in [0.4, 0.5) is 0 Å². The van der Waals surface area contributed by atoms with Gasteiger partial charge < -0.3 is 23.7 Å². The van der Waals surface area contributed by atoms with Crippen LogP contribution < -0.4 is 33.8 Å². The molecule has 0 N–H and O–H groups in total. The normalized spacial score (nSPS) is 15.0. The van der Waals surface area contributed by atoms with E-state index in [1.807, 2.05) is 19.1 Å². The Bertz CT molecular complexity index is 1570. The molecule has 0 amide bonds. The Balaban J connectivity index is 1.94. The summed E-state index contributed by atoms with van der Waals surface area (Å²) in [4.78, 5) is 32.1. The SMILES string of the molecule is CCOC(=O)C1=C(C)N=c2s/c(=C\c3ccc(OC)c(OC)c3)c(=O)n2[C@H]1c1ccc(OC)c(OCC)c1. The minimum atomic E-state index is -0.761. The van der Waals surface area contributed by atoms with E-state index in [1.165, 1.54) is 15.9 Å². The second-order valence-electron chi connectivity index (χ2n) is 8.26. The number of thiazole rings is 1. The van der Waals surface area contributed by atoms with Crippen molar-refractivity contribution >= 4 is 23.4 Å². The molecule has 3 aromatic rings. The van der Waals surface area contributed by atoms with Crippen LogP contribution >= 0.6 is 11.3 Å². The Morgan fingerprint density at radius 3 is 2.32 bits per heavy atom. The summed E-state index contributed by atoms with van der Waals surface area (Å²) < 4.78 is 29.3. The standard InChI is InChI=1S/C28H30N2O7S/c1-7-36-22-15-18(10-12-20(22)34-5)25-24(27(32)37-8-2)16(3)29-28-30(25)26(31)23(38-28)14-17-9-11-19(33-4)21(13-17)35-6/h9-15,25H,7-8H2,1-6H3/b23-14-/t25-/m0/s1. The fraction of sp³-hybridized carbons (Fsp3) is 0.321. The number of fused-ring (bicyclic) bond motifs is 1. The van der Waals surface area contributed by atoms with Crippen molar-refractivity contribution in [2.75, 3.05) is 34.5 Å². The molecule has 0 spiro atoms. The van der Waals surface area contributed by atoms with Crippen LogP contribution in [0.2, 0.25) is 0 Å². The molecular formula is C28H30N2O7S. The third-order valence-corrected chi connectivity index (χ3v) is 7.01. The zero-order valence-electron chi connectivity index (χ0n) is 22.2. The highest BCUT2D eigenvalue weighted by Crippen LogP contribution is 2.36. The number of esters is 1. The summed E-state index contributed by atoms with van der Waals surface area (Å²) in [5.41, 5.74) is 1.93. The van der Waals surface area contributed by atoms with Crippen molar-refractivity contribution in [2.45, 2.75) is 26.8 Å². The van der Waals surface area contributed by atoms with Crippen LogP contribution in [0.15, 0.2) is 57.5 Å². The predicted molar refractivity (Wildman–Crippen MR) is 144 cm³/mol. The Kier molecular flexibility index (Phi) is 8.21. The first-order valence-corrected chi connectivity index (χ1v) is 12.9. The molecule has 0 fully saturated rings. The van der Waals surface area contributed by atoms with Gasteiger partial charge in [0.25, 0.3) is 5.56 Å². The van der Waals surface area contributed by atoms with Gasteiger partial charge in [0.15, 0.2) is 27.8 Å². The lowest BCUT2D eigenvalue weighted by Crippen LogP contribution is -2.40. The lowest BCUT2D eigenvalue weighted by molar-refractivity contribution is -0.139. The average Bonchev–Trinajstić information content (AvgIpc) is 3.21. The average molecular weight is 539 g/mol. The van der Waals surface area contributed by atoms with Gasteiger partial charge in [-0.1, -0.05) is 23.5 Å². The van der Waals surface area contributed by atoms with Gasteiger partial charge in [-0.25, -0.2) is 9.79 Å². The molecule has 200 valence electrons. The molecule has 0 saturated carbocycles. The van der Waals surface area contributed by atoms with E-state index in [0.29, 0.717) is 55.8 Å². The van der Waals surface area contributed by atoms with Crippen LogP contribution in [0.25, 0.3) is 6.08 Å². The van der Waals surface area contributed by atoms with Crippen LogP contribution in [0.1, 0.15) is 37.9 Å². The van der Waals surface area contributed by atoms with Gasteiger partial charge in [-0.2, -0.15) is 0 Å². The van der Waals surface area contributed by atoms with Gasteiger partial charge in [0.2, 0.25) is 0 Å². The lowest BCUT2D eigenvalue weighted by atomic mass is 9.95. The summed E-state index contributed by atoms with van der Waals surface area (Å²) in [6.07, 6.45) is 1.77. The van der Waals surface area contributed by atoms with Gasteiger partial charge in [-0.05, 0) is 62.2 Å². The van der Waals surface area contributed by atoms with Crippen LogP contribution in [0.5, 0.6) is 23.0 Å². The Labute approximate surface area is 224 Å². The van der Waals surface area contributed by atoms with E-state index in [2.05, 4.69) is 4.99 Å². The second-order valence-corrected chi connectivity index (χ2v) is 9.27. The molecule has 0 aliphatic carbocycles. The number of carbonyl (C=O) groups is 1. The molecule has 1 aliphatic rings. The summed E-state index contributed by atoms with van der Waals surface area (Å²) in [7, 11) is 4.68. The number of methoxy groups -OCH3 is 3. The maximum atomic E-state index is 13.8. The van der Waals surface area contributed by atoms with Gasteiger partial charge in [-0.3, -0.25) is 9.36 Å². The van der Waals surface area contributed by atoms with Gasteiger partial charge in [0.05, 0.1) is 56.4 Å². The molecule has 9 nitrogen and oxygen atoms in total. The highest BCUT2D eigenvalue weighted by molar-refractivity contribution is 7.07. The smallest absolute Gasteiger partial charge is 0.338 e. The topological polar surface area (TPSA) is 97.6 Å². The van der Waals surface area contributed by atoms with E-state index >= 15 is 0 Å². The first-order valence-electron chi connectivity index (χ1n) is 12.1. The maximum absolute atomic E-state index is 13.8. The van der Waals surface area contributed by atoms with Crippen molar-refractivity contribution in [1.29, 1.82) is 0 Å². The third kappa shape index (κ3) is 5.04. The van der Waals surface area contributed by atoms with Crippen molar-refractivity contribution in [3.63, 3.8) is 0 Å². The molecule has 0 unspecified atom stereocenters. The van der Waals surface area contributed by atoms with Gasteiger partial charge in [0.1, 0.15) is 0 Å². The van der Waals surface area contributed by atoms with Crippen molar-refractivity contribution in [2.24, 2.45) is 4.99 Å². The molecule has 4 rings (SSSR count). The molecule has 1 atom stereocenters. The van der Waals surface area contributed by atoms with Crippen molar-refractivity contribution < 1.29 is 28.5 Å². The minimum absolute atomic E-state index is 0.193. The predicted octanol–water partition coefficient (Wildman–Crippen LogP) is 3.22. The molecular weight excluding hydrogens is 508 g/mol. The van der Waals surface area contributed by atoms with Crippen molar-refractivity contribution in [3.8, 4) is 23.0 Å².